The van der Waals surface area contributed by atoms with Gasteiger partial charge >= 0.3 is 0 Å². The largest absolute Gasteiger partial charge is 0.0683 e. The molecule has 0 bridgehead atoms. The van der Waals surface area contributed by atoms with Crippen molar-refractivity contribution in [2.24, 2.45) is 11.8 Å². The molecular weight excluding hydrogens is 312 g/mol. The van der Waals surface area contributed by atoms with E-state index in [-0.39, 0.29) is 0 Å². The summed E-state index contributed by atoms with van der Waals surface area (Å²) in [6.45, 7) is 17.3. The summed E-state index contributed by atoms with van der Waals surface area (Å²) in [4.78, 5) is 0. The Labute approximate surface area is 164 Å². The van der Waals surface area contributed by atoms with Crippen molar-refractivity contribution in [2.75, 3.05) is 0 Å². The van der Waals surface area contributed by atoms with Gasteiger partial charge in [0.2, 0.25) is 0 Å². The zero-order chi connectivity index (χ0) is 19.9. The van der Waals surface area contributed by atoms with E-state index in [1.807, 2.05) is 27.7 Å². The third kappa shape index (κ3) is 7.77. The monoisotopic (exact) mass is 354 g/mol. The van der Waals surface area contributed by atoms with E-state index >= 15 is 0 Å². The van der Waals surface area contributed by atoms with Crippen molar-refractivity contribution >= 4 is 0 Å². The molecule has 2 atom stereocenters. The van der Waals surface area contributed by atoms with Crippen molar-refractivity contribution in [2.45, 2.75) is 81.1 Å². The number of benzene rings is 2. The highest BCUT2D eigenvalue weighted by Gasteiger charge is 2.16. The average molecular weight is 355 g/mol. The standard InChI is InChI=1S/C22H30.2C2H6/c1-5-19-11-7-9-13-21(19)15-17(3)18(4)16-22-14-10-8-12-20(22)6-2;2*1-2/h7-14,17-18H,5-6,15-16H2,1-4H3;2*1-2H3. The van der Waals surface area contributed by atoms with Crippen LogP contribution in [0.2, 0.25) is 0 Å². The highest BCUT2D eigenvalue weighted by Crippen LogP contribution is 2.24. The Kier molecular flexibility index (Phi) is 13.7. The molecule has 0 radical (unpaired) electrons. The van der Waals surface area contributed by atoms with Crippen LogP contribution in [0, 0.1) is 11.8 Å². The van der Waals surface area contributed by atoms with Crippen LogP contribution in [-0.4, -0.2) is 0 Å². The van der Waals surface area contributed by atoms with Gasteiger partial charge in [0.1, 0.15) is 0 Å². The molecule has 0 fully saturated rings. The fourth-order valence-corrected chi connectivity index (χ4v) is 3.30. The summed E-state index contributed by atoms with van der Waals surface area (Å²) in [6.07, 6.45) is 4.66. The first-order valence-corrected chi connectivity index (χ1v) is 10.8. The van der Waals surface area contributed by atoms with Crippen molar-refractivity contribution < 1.29 is 0 Å². The normalized spacial score (nSPS) is 12.2. The van der Waals surface area contributed by atoms with Gasteiger partial charge in [-0.3, -0.25) is 0 Å². The summed E-state index contributed by atoms with van der Waals surface area (Å²) >= 11 is 0. The van der Waals surface area contributed by atoms with E-state index in [0.717, 1.165) is 12.8 Å². The van der Waals surface area contributed by atoms with E-state index < -0.39 is 0 Å². The van der Waals surface area contributed by atoms with Gasteiger partial charge in [0.25, 0.3) is 0 Å². The van der Waals surface area contributed by atoms with E-state index in [9.17, 15) is 0 Å². The molecule has 0 aliphatic rings. The quantitative estimate of drug-likeness (QED) is 0.473. The molecule has 0 spiro atoms. The third-order valence-electron chi connectivity index (χ3n) is 5.05. The maximum absolute atomic E-state index is 2.41. The van der Waals surface area contributed by atoms with Gasteiger partial charge in [-0.1, -0.05) is 104 Å². The highest BCUT2D eigenvalue weighted by molar-refractivity contribution is 5.29. The van der Waals surface area contributed by atoms with E-state index in [1.165, 1.54) is 35.1 Å². The predicted molar refractivity (Wildman–Crippen MR) is 120 cm³/mol. The van der Waals surface area contributed by atoms with Crippen molar-refractivity contribution in [1.82, 2.24) is 0 Å². The van der Waals surface area contributed by atoms with Crippen molar-refractivity contribution in [3.05, 3.63) is 70.8 Å². The molecule has 0 heterocycles. The van der Waals surface area contributed by atoms with Crippen LogP contribution in [0.1, 0.15) is 77.6 Å². The molecule has 2 aromatic carbocycles. The molecule has 0 saturated heterocycles. The molecule has 0 aliphatic carbocycles. The number of aryl methyl sites for hydroxylation is 2. The van der Waals surface area contributed by atoms with Crippen LogP contribution in [0.15, 0.2) is 48.5 Å². The van der Waals surface area contributed by atoms with Crippen LogP contribution in [0.25, 0.3) is 0 Å². The Morgan fingerprint density at radius 2 is 0.808 bits per heavy atom. The summed E-state index contributed by atoms with van der Waals surface area (Å²) in [5, 5.41) is 0. The fraction of sp³-hybridized carbons (Fsp3) is 0.538. The number of hydrogen-bond donors (Lipinski definition) is 0. The van der Waals surface area contributed by atoms with Gasteiger partial charge in [-0.15, -0.1) is 0 Å². The van der Waals surface area contributed by atoms with Crippen LogP contribution in [-0.2, 0) is 25.7 Å². The Bertz CT molecular complexity index is 529. The van der Waals surface area contributed by atoms with Crippen LogP contribution in [0.4, 0.5) is 0 Å². The van der Waals surface area contributed by atoms with Gasteiger partial charge in [0.05, 0.1) is 0 Å². The van der Waals surface area contributed by atoms with Gasteiger partial charge in [0, 0.05) is 0 Å². The van der Waals surface area contributed by atoms with Crippen LogP contribution < -0.4 is 0 Å². The molecule has 0 nitrogen and oxygen atoms in total. The molecule has 0 saturated carbocycles. The average Bonchev–Trinajstić information content (AvgIpc) is 2.71. The van der Waals surface area contributed by atoms with Gasteiger partial charge in [0.15, 0.2) is 0 Å². The first-order chi connectivity index (χ1) is 12.7. The summed E-state index contributed by atoms with van der Waals surface area (Å²) in [5.74, 6) is 1.41. The number of rotatable bonds is 7. The summed E-state index contributed by atoms with van der Waals surface area (Å²) in [6, 6.07) is 17.8. The van der Waals surface area contributed by atoms with E-state index in [0.29, 0.717) is 11.8 Å². The van der Waals surface area contributed by atoms with Crippen molar-refractivity contribution in [3.63, 3.8) is 0 Å². The Morgan fingerprint density at radius 1 is 0.538 bits per heavy atom. The predicted octanol–water partition coefficient (Wildman–Crippen LogP) is 7.92. The second-order valence-electron chi connectivity index (χ2n) is 6.61. The fourth-order valence-electron chi connectivity index (χ4n) is 3.30. The van der Waals surface area contributed by atoms with Crippen LogP contribution in [0.3, 0.4) is 0 Å². The maximum Gasteiger partial charge on any atom is -0.0248 e. The van der Waals surface area contributed by atoms with E-state index in [4.69, 9.17) is 0 Å². The SMILES string of the molecule is CC.CC.CCc1ccccc1CC(C)C(C)Cc1ccccc1CC. The maximum atomic E-state index is 2.41. The van der Waals surface area contributed by atoms with Crippen LogP contribution in [0.5, 0.6) is 0 Å². The molecule has 2 unspecified atom stereocenters. The Hall–Kier alpha value is -1.56. The molecule has 2 rings (SSSR count). The minimum absolute atomic E-state index is 0.706. The topological polar surface area (TPSA) is 0 Å². The third-order valence-corrected chi connectivity index (χ3v) is 5.05. The smallest absolute Gasteiger partial charge is 0.0248 e. The second kappa shape index (κ2) is 14.6. The lowest BCUT2D eigenvalue weighted by Crippen LogP contribution is -2.15. The minimum atomic E-state index is 0.706. The zero-order valence-corrected chi connectivity index (χ0v) is 18.6. The first kappa shape index (κ1) is 24.4. The summed E-state index contributed by atoms with van der Waals surface area (Å²) < 4.78 is 0. The summed E-state index contributed by atoms with van der Waals surface area (Å²) in [7, 11) is 0. The number of hydrogen-bond acceptors (Lipinski definition) is 0. The molecule has 0 aromatic heterocycles. The minimum Gasteiger partial charge on any atom is -0.0683 e. The molecule has 146 valence electrons. The Morgan fingerprint density at radius 3 is 1.08 bits per heavy atom. The molecular formula is C26H42. The molecule has 0 heteroatoms. The summed E-state index contributed by atoms with van der Waals surface area (Å²) in [5.41, 5.74) is 6.09. The zero-order valence-electron chi connectivity index (χ0n) is 18.6. The molecule has 0 aliphatic heterocycles. The van der Waals surface area contributed by atoms with Crippen molar-refractivity contribution in [3.8, 4) is 0 Å². The van der Waals surface area contributed by atoms with Gasteiger partial charge in [-0.25, -0.2) is 0 Å². The first-order valence-electron chi connectivity index (χ1n) is 10.8. The Balaban J connectivity index is 0.00000146. The van der Waals surface area contributed by atoms with Gasteiger partial charge in [-0.2, -0.15) is 0 Å². The second-order valence-corrected chi connectivity index (χ2v) is 6.61. The van der Waals surface area contributed by atoms with Crippen LogP contribution >= 0.6 is 0 Å². The highest BCUT2D eigenvalue weighted by atomic mass is 14.2. The lowest BCUT2D eigenvalue weighted by Gasteiger charge is -2.22. The lowest BCUT2D eigenvalue weighted by atomic mass is 9.83. The molecule has 0 N–H and O–H groups in total. The molecule has 26 heavy (non-hydrogen) atoms. The lowest BCUT2D eigenvalue weighted by molar-refractivity contribution is 0.382. The van der Waals surface area contributed by atoms with Gasteiger partial charge < -0.3 is 0 Å². The molecule has 0 amide bonds. The van der Waals surface area contributed by atoms with Gasteiger partial charge in [-0.05, 0) is 59.8 Å². The van der Waals surface area contributed by atoms with E-state index in [2.05, 4.69) is 76.2 Å². The van der Waals surface area contributed by atoms with E-state index in [1.54, 1.807) is 0 Å². The molecule has 2 aromatic rings. The van der Waals surface area contributed by atoms with Crippen molar-refractivity contribution in [1.29, 1.82) is 0 Å².